The van der Waals surface area contributed by atoms with E-state index in [2.05, 4.69) is 64.2 Å². The van der Waals surface area contributed by atoms with Gasteiger partial charge in [-0.25, -0.2) is 0 Å². The summed E-state index contributed by atoms with van der Waals surface area (Å²) >= 11 is 0. The first kappa shape index (κ1) is 14.5. The van der Waals surface area contributed by atoms with Gasteiger partial charge in [-0.3, -0.25) is 0 Å². The van der Waals surface area contributed by atoms with Crippen LogP contribution in [0.3, 0.4) is 0 Å². The Labute approximate surface area is 117 Å². The van der Waals surface area contributed by atoms with Crippen molar-refractivity contribution in [3.63, 3.8) is 0 Å². The molecule has 0 saturated carbocycles. The van der Waals surface area contributed by atoms with Gasteiger partial charge in [-0.1, -0.05) is 45.0 Å². The van der Waals surface area contributed by atoms with Gasteiger partial charge < -0.3 is 10.1 Å². The molecule has 2 rings (SSSR count). The number of hydrogen-bond donors (Lipinski definition) is 1. The molecule has 1 heterocycles. The summed E-state index contributed by atoms with van der Waals surface area (Å²) < 4.78 is 5.54. The molecule has 1 aromatic rings. The molecule has 0 atom stereocenters. The second kappa shape index (κ2) is 4.60. The third-order valence-electron chi connectivity index (χ3n) is 4.82. The van der Waals surface area contributed by atoms with Crippen LogP contribution < -0.4 is 5.32 Å². The molecule has 1 aliphatic rings. The molecule has 0 unspecified atom stereocenters. The van der Waals surface area contributed by atoms with Gasteiger partial charge in [0.25, 0.3) is 0 Å². The second-order valence-electron chi connectivity index (χ2n) is 7.28. The minimum absolute atomic E-state index is 0.0362. The first-order valence-electron chi connectivity index (χ1n) is 7.11. The highest BCUT2D eigenvalue weighted by molar-refractivity contribution is 5.37. The molecular formula is C17H27NO. The molecule has 2 nitrogen and oxygen atoms in total. The summed E-state index contributed by atoms with van der Waals surface area (Å²) in [6.45, 7) is 12.9. The highest BCUT2D eigenvalue weighted by atomic mass is 16.5. The average Bonchev–Trinajstić information content (AvgIpc) is 2.26. The normalized spacial score (nSPS) is 19.1. The predicted molar refractivity (Wildman–Crippen MR) is 80.8 cm³/mol. The van der Waals surface area contributed by atoms with Crippen LogP contribution in [0.1, 0.15) is 45.7 Å². The molecule has 0 radical (unpaired) electrons. The van der Waals surface area contributed by atoms with Gasteiger partial charge in [0.2, 0.25) is 0 Å². The summed E-state index contributed by atoms with van der Waals surface area (Å²) in [4.78, 5) is 0. The zero-order valence-electron chi connectivity index (χ0n) is 13.1. The van der Waals surface area contributed by atoms with Gasteiger partial charge in [-0.15, -0.1) is 0 Å². The largest absolute Gasteiger partial charge is 0.379 e. The molecule has 0 aromatic heterocycles. The fourth-order valence-corrected chi connectivity index (χ4v) is 2.72. The van der Waals surface area contributed by atoms with Crippen LogP contribution in [0.15, 0.2) is 24.3 Å². The highest BCUT2D eigenvalue weighted by Gasteiger charge is 2.51. The van der Waals surface area contributed by atoms with Gasteiger partial charge in [-0.2, -0.15) is 0 Å². The van der Waals surface area contributed by atoms with Crippen LogP contribution in [0.4, 0.5) is 0 Å². The van der Waals surface area contributed by atoms with Crippen LogP contribution in [-0.2, 0) is 15.6 Å². The molecule has 0 amide bonds. The monoisotopic (exact) mass is 261 g/mol. The van der Waals surface area contributed by atoms with Gasteiger partial charge in [-0.05, 0) is 37.4 Å². The lowest BCUT2D eigenvalue weighted by Gasteiger charge is -2.52. The van der Waals surface area contributed by atoms with Crippen molar-refractivity contribution in [2.75, 3.05) is 20.3 Å². The molecule has 0 bridgehead atoms. The first-order chi connectivity index (χ1) is 8.73. The zero-order chi connectivity index (χ0) is 14.3. The van der Waals surface area contributed by atoms with Crippen LogP contribution >= 0.6 is 0 Å². The van der Waals surface area contributed by atoms with E-state index in [-0.39, 0.29) is 16.4 Å². The third kappa shape index (κ3) is 2.32. The molecule has 1 aliphatic heterocycles. The van der Waals surface area contributed by atoms with Crippen molar-refractivity contribution >= 4 is 0 Å². The number of hydrogen-bond acceptors (Lipinski definition) is 2. The zero-order valence-corrected chi connectivity index (χ0v) is 13.1. The van der Waals surface area contributed by atoms with Crippen LogP contribution in [0, 0.1) is 0 Å². The first-order valence-corrected chi connectivity index (χ1v) is 7.11. The molecule has 0 aliphatic carbocycles. The second-order valence-corrected chi connectivity index (χ2v) is 7.28. The number of likely N-dealkylation sites (N-methyl/N-ethyl adjacent to an activating group) is 1. The van der Waals surface area contributed by atoms with Crippen molar-refractivity contribution in [2.24, 2.45) is 0 Å². The molecule has 1 aromatic carbocycles. The Morgan fingerprint density at radius 2 is 1.53 bits per heavy atom. The highest BCUT2D eigenvalue weighted by Crippen LogP contribution is 2.42. The van der Waals surface area contributed by atoms with E-state index in [1.54, 1.807) is 0 Å². The maximum absolute atomic E-state index is 5.54. The lowest BCUT2D eigenvalue weighted by atomic mass is 9.65. The van der Waals surface area contributed by atoms with Gasteiger partial charge in [0, 0.05) is 5.54 Å². The van der Waals surface area contributed by atoms with Gasteiger partial charge >= 0.3 is 0 Å². The van der Waals surface area contributed by atoms with E-state index in [1.807, 2.05) is 7.05 Å². The van der Waals surface area contributed by atoms with Crippen molar-refractivity contribution in [1.82, 2.24) is 5.32 Å². The quantitative estimate of drug-likeness (QED) is 0.902. The number of nitrogens with one attached hydrogen (secondary N) is 1. The van der Waals surface area contributed by atoms with Crippen LogP contribution in [0.2, 0.25) is 0 Å². The molecule has 1 saturated heterocycles. The molecule has 2 heteroatoms. The summed E-state index contributed by atoms with van der Waals surface area (Å²) in [5, 5.41) is 3.45. The van der Waals surface area contributed by atoms with Crippen molar-refractivity contribution < 1.29 is 4.74 Å². The SMILES string of the molecule is CNC(C)(C)C1(c2ccc(C(C)(C)C)cc2)COC1. The van der Waals surface area contributed by atoms with Crippen molar-refractivity contribution in [3.8, 4) is 0 Å². The van der Waals surface area contributed by atoms with E-state index in [9.17, 15) is 0 Å². The third-order valence-corrected chi connectivity index (χ3v) is 4.82. The van der Waals surface area contributed by atoms with E-state index in [4.69, 9.17) is 4.74 Å². The van der Waals surface area contributed by atoms with E-state index < -0.39 is 0 Å². The van der Waals surface area contributed by atoms with E-state index >= 15 is 0 Å². The smallest absolute Gasteiger partial charge is 0.0603 e. The Kier molecular flexibility index (Phi) is 3.53. The van der Waals surface area contributed by atoms with Crippen molar-refractivity contribution in [1.29, 1.82) is 0 Å². The molecule has 19 heavy (non-hydrogen) atoms. The molecule has 1 fully saturated rings. The van der Waals surface area contributed by atoms with Crippen molar-refractivity contribution in [3.05, 3.63) is 35.4 Å². The topological polar surface area (TPSA) is 21.3 Å². The van der Waals surface area contributed by atoms with Gasteiger partial charge in [0.1, 0.15) is 0 Å². The van der Waals surface area contributed by atoms with Gasteiger partial charge in [0.15, 0.2) is 0 Å². The summed E-state index contributed by atoms with van der Waals surface area (Å²) in [6, 6.07) is 9.09. The summed E-state index contributed by atoms with van der Waals surface area (Å²) in [5.74, 6) is 0. The Bertz CT molecular complexity index is 435. The lowest BCUT2D eigenvalue weighted by Crippen LogP contribution is -2.65. The minimum atomic E-state index is 0.0362. The number of rotatable bonds is 3. The summed E-state index contributed by atoms with van der Waals surface area (Å²) in [7, 11) is 2.03. The van der Waals surface area contributed by atoms with E-state index in [0.29, 0.717) is 0 Å². The van der Waals surface area contributed by atoms with E-state index in [1.165, 1.54) is 11.1 Å². The predicted octanol–water partition coefficient (Wildman–Crippen LogP) is 3.25. The molecular weight excluding hydrogens is 234 g/mol. The minimum Gasteiger partial charge on any atom is -0.379 e. The molecule has 106 valence electrons. The van der Waals surface area contributed by atoms with Crippen LogP contribution in [0.5, 0.6) is 0 Å². The van der Waals surface area contributed by atoms with Crippen molar-refractivity contribution in [2.45, 2.75) is 51.0 Å². The summed E-state index contributed by atoms with van der Waals surface area (Å²) in [6.07, 6.45) is 0. The van der Waals surface area contributed by atoms with E-state index in [0.717, 1.165) is 13.2 Å². The van der Waals surface area contributed by atoms with Crippen LogP contribution in [-0.4, -0.2) is 25.8 Å². The Morgan fingerprint density at radius 1 is 1.00 bits per heavy atom. The number of ether oxygens (including phenoxy) is 1. The van der Waals surface area contributed by atoms with Gasteiger partial charge in [0.05, 0.1) is 18.6 Å². The fourth-order valence-electron chi connectivity index (χ4n) is 2.72. The Morgan fingerprint density at radius 3 is 1.84 bits per heavy atom. The Hall–Kier alpha value is -0.860. The Balaban J connectivity index is 2.36. The molecule has 1 N–H and O–H groups in total. The average molecular weight is 261 g/mol. The standard InChI is InChI=1S/C17H27NO/c1-15(2,3)13-7-9-14(10-8-13)17(11-19-12-17)16(4,5)18-6/h7-10,18H,11-12H2,1-6H3. The number of benzene rings is 1. The maximum Gasteiger partial charge on any atom is 0.0603 e. The molecule has 0 spiro atoms. The fraction of sp³-hybridized carbons (Fsp3) is 0.647. The van der Waals surface area contributed by atoms with Crippen LogP contribution in [0.25, 0.3) is 0 Å². The summed E-state index contributed by atoms with van der Waals surface area (Å²) in [5.41, 5.74) is 3.10. The maximum atomic E-state index is 5.54. The lowest BCUT2D eigenvalue weighted by molar-refractivity contribution is -0.0991.